The molecule has 0 spiro atoms. The second-order valence-electron chi connectivity index (χ2n) is 11.3. The Morgan fingerprint density at radius 3 is 2.42 bits per heavy atom. The number of likely N-dealkylation sites (tertiary alicyclic amines) is 1. The molecule has 8 nitrogen and oxygen atoms in total. The first-order valence-electron chi connectivity index (χ1n) is 14.2. The van der Waals surface area contributed by atoms with Gasteiger partial charge in [0, 0.05) is 38.2 Å². The summed E-state index contributed by atoms with van der Waals surface area (Å²) in [5, 5.41) is 3.10. The molecule has 3 rings (SSSR count). The van der Waals surface area contributed by atoms with Gasteiger partial charge in [-0.2, -0.15) is 0 Å². The monoisotopic (exact) mass is 554 g/mol. The van der Waals surface area contributed by atoms with Gasteiger partial charge in [-0.3, -0.25) is 4.79 Å². The third-order valence-corrected chi connectivity index (χ3v) is 7.58. The zero-order valence-corrected chi connectivity index (χ0v) is 25.1. The highest BCUT2D eigenvalue weighted by molar-refractivity contribution is 5.89. The van der Waals surface area contributed by atoms with Gasteiger partial charge in [-0.1, -0.05) is 49.4 Å². The van der Waals surface area contributed by atoms with Crippen molar-refractivity contribution in [3.63, 3.8) is 0 Å². The normalized spacial score (nSPS) is 23.8. The number of benzene rings is 1. The lowest BCUT2D eigenvalue weighted by molar-refractivity contribution is -0.144. The lowest BCUT2D eigenvalue weighted by atomic mass is 9.72. The van der Waals surface area contributed by atoms with Crippen molar-refractivity contribution in [1.82, 2.24) is 10.2 Å². The number of nitrogens with zero attached hydrogens (tertiary/aromatic N) is 1. The summed E-state index contributed by atoms with van der Waals surface area (Å²) in [5.41, 5.74) is -0.779. The molecule has 4 atom stereocenters. The summed E-state index contributed by atoms with van der Waals surface area (Å²) in [6.45, 7) is 8.75. The van der Waals surface area contributed by atoms with Crippen molar-refractivity contribution in [3.8, 4) is 0 Å². The van der Waals surface area contributed by atoms with Crippen LogP contribution in [0.1, 0.15) is 58.9 Å². The van der Waals surface area contributed by atoms with E-state index in [9.17, 15) is 9.59 Å². The van der Waals surface area contributed by atoms with Gasteiger partial charge in [-0.25, -0.2) is 4.79 Å². The molecule has 1 N–H and O–H groups in total. The summed E-state index contributed by atoms with van der Waals surface area (Å²) in [7, 11) is 4.69. The van der Waals surface area contributed by atoms with E-state index in [1.165, 1.54) is 0 Å². The Labute approximate surface area is 239 Å². The Morgan fingerprint density at radius 1 is 1.12 bits per heavy atom. The number of nitrogens with one attached hydrogen (secondary N) is 1. The van der Waals surface area contributed by atoms with Gasteiger partial charge in [0.1, 0.15) is 5.60 Å². The maximum absolute atomic E-state index is 14.0. The number of carbonyl (C=O) groups is 2. The van der Waals surface area contributed by atoms with Crippen LogP contribution in [0, 0.1) is 11.8 Å². The van der Waals surface area contributed by atoms with E-state index in [0.29, 0.717) is 31.0 Å². The smallest absolute Gasteiger partial charge is 0.410 e. The van der Waals surface area contributed by atoms with Gasteiger partial charge in [0.25, 0.3) is 5.91 Å². The SMILES string of the molecule is CCC(/C=C/c1ccccc1)C1C=C(OC)C(OC)=CC1(OC)C(=O)NCCC1CCCN1C(=O)OC(C)(C)C. The fourth-order valence-electron chi connectivity index (χ4n) is 5.50. The van der Waals surface area contributed by atoms with Crippen molar-refractivity contribution in [2.75, 3.05) is 34.4 Å². The average molecular weight is 555 g/mol. The molecule has 2 aliphatic rings. The first-order valence-corrected chi connectivity index (χ1v) is 14.2. The maximum atomic E-state index is 14.0. The number of ether oxygens (including phenoxy) is 4. The van der Waals surface area contributed by atoms with Crippen LogP contribution in [0.3, 0.4) is 0 Å². The Hall–Kier alpha value is -3.26. The Kier molecular flexibility index (Phi) is 10.9. The minimum Gasteiger partial charge on any atom is -0.493 e. The molecule has 4 unspecified atom stereocenters. The molecule has 40 heavy (non-hydrogen) atoms. The van der Waals surface area contributed by atoms with Crippen LogP contribution in [-0.2, 0) is 23.7 Å². The van der Waals surface area contributed by atoms with E-state index in [1.54, 1.807) is 32.3 Å². The molecule has 0 radical (unpaired) electrons. The summed E-state index contributed by atoms with van der Waals surface area (Å²) >= 11 is 0. The minimum atomic E-state index is -1.31. The minimum absolute atomic E-state index is 0.0121. The number of hydrogen-bond donors (Lipinski definition) is 1. The van der Waals surface area contributed by atoms with E-state index in [2.05, 4.69) is 24.4 Å². The van der Waals surface area contributed by atoms with Gasteiger partial charge in [0.05, 0.1) is 14.2 Å². The zero-order chi connectivity index (χ0) is 29.3. The van der Waals surface area contributed by atoms with Crippen LogP contribution < -0.4 is 5.32 Å². The number of rotatable bonds is 11. The first kappa shape index (κ1) is 31.3. The summed E-state index contributed by atoms with van der Waals surface area (Å²) in [4.78, 5) is 28.4. The standard InChI is InChI=1S/C32H46N2O6/c1-8-24(17-16-23-13-10-9-11-14-23)26-21-27(37-5)28(38-6)22-32(26,39-7)29(35)33-19-18-25-15-12-20-34(25)30(36)40-31(2,3)4/h9-11,13-14,16-17,21-22,24-26H,8,12,15,18-20H2,1-7H3,(H,33,35)/b17-16+. The molecular formula is C32H46N2O6. The quantitative estimate of drug-likeness (QED) is 0.377. The van der Waals surface area contributed by atoms with Crippen molar-refractivity contribution in [3.05, 3.63) is 65.6 Å². The van der Waals surface area contributed by atoms with Crippen molar-refractivity contribution in [1.29, 1.82) is 0 Å². The third kappa shape index (κ3) is 7.47. The second-order valence-corrected chi connectivity index (χ2v) is 11.3. The molecule has 1 aromatic carbocycles. The molecule has 220 valence electrons. The predicted molar refractivity (Wildman–Crippen MR) is 156 cm³/mol. The number of allylic oxidation sites excluding steroid dienone is 1. The number of methoxy groups -OCH3 is 3. The van der Waals surface area contributed by atoms with Crippen LogP contribution in [0.4, 0.5) is 4.79 Å². The summed E-state index contributed by atoms with van der Waals surface area (Å²) in [6, 6.07) is 10.1. The van der Waals surface area contributed by atoms with Gasteiger partial charge in [-0.15, -0.1) is 0 Å². The van der Waals surface area contributed by atoms with Crippen molar-refractivity contribution in [2.45, 2.75) is 70.6 Å². The third-order valence-electron chi connectivity index (χ3n) is 7.58. The molecule has 8 heteroatoms. The molecule has 1 aliphatic heterocycles. The predicted octanol–water partition coefficient (Wildman–Crippen LogP) is 5.71. The summed E-state index contributed by atoms with van der Waals surface area (Å²) < 4.78 is 22.9. The number of hydrogen-bond acceptors (Lipinski definition) is 6. The van der Waals surface area contributed by atoms with E-state index in [1.807, 2.05) is 57.2 Å². The van der Waals surface area contributed by atoms with Gasteiger partial charge < -0.3 is 29.2 Å². The summed E-state index contributed by atoms with van der Waals surface area (Å²) in [6.07, 6.45) is 10.8. The lowest BCUT2D eigenvalue weighted by Gasteiger charge is -2.40. The number of amides is 2. The Balaban J connectivity index is 1.81. The topological polar surface area (TPSA) is 86.3 Å². The lowest BCUT2D eigenvalue weighted by Crippen LogP contribution is -2.55. The zero-order valence-electron chi connectivity index (χ0n) is 25.1. The fourth-order valence-corrected chi connectivity index (χ4v) is 5.50. The second kappa shape index (κ2) is 13.9. The van der Waals surface area contributed by atoms with E-state index < -0.39 is 11.2 Å². The van der Waals surface area contributed by atoms with E-state index in [-0.39, 0.29) is 29.9 Å². The largest absolute Gasteiger partial charge is 0.493 e. The molecule has 2 amide bonds. The molecule has 1 aliphatic carbocycles. The molecule has 0 saturated carbocycles. The van der Waals surface area contributed by atoms with Gasteiger partial charge in [-0.05, 0) is 64.0 Å². The van der Waals surface area contributed by atoms with Crippen LogP contribution in [0.2, 0.25) is 0 Å². The molecule has 0 aromatic heterocycles. The molecule has 0 bridgehead atoms. The molecule has 1 heterocycles. The highest BCUT2D eigenvalue weighted by atomic mass is 16.6. The molecule has 1 fully saturated rings. The maximum Gasteiger partial charge on any atom is 0.410 e. The van der Waals surface area contributed by atoms with E-state index in [0.717, 1.165) is 24.8 Å². The Morgan fingerprint density at radius 2 is 1.82 bits per heavy atom. The highest BCUT2D eigenvalue weighted by Gasteiger charge is 2.49. The molecular weight excluding hydrogens is 508 g/mol. The van der Waals surface area contributed by atoms with Crippen molar-refractivity contribution < 1.29 is 28.5 Å². The Bertz CT molecular complexity index is 1090. The van der Waals surface area contributed by atoms with Crippen molar-refractivity contribution in [2.24, 2.45) is 11.8 Å². The van der Waals surface area contributed by atoms with Crippen LogP contribution >= 0.6 is 0 Å². The van der Waals surface area contributed by atoms with Gasteiger partial charge >= 0.3 is 6.09 Å². The van der Waals surface area contributed by atoms with Crippen LogP contribution in [0.25, 0.3) is 6.08 Å². The van der Waals surface area contributed by atoms with E-state index >= 15 is 0 Å². The molecule has 1 aromatic rings. The highest BCUT2D eigenvalue weighted by Crippen LogP contribution is 2.41. The van der Waals surface area contributed by atoms with E-state index in [4.69, 9.17) is 18.9 Å². The summed E-state index contributed by atoms with van der Waals surface area (Å²) in [5.74, 6) is 0.390. The van der Waals surface area contributed by atoms with Crippen LogP contribution in [-0.4, -0.2) is 68.6 Å². The van der Waals surface area contributed by atoms with Gasteiger partial charge in [0.2, 0.25) is 0 Å². The van der Waals surface area contributed by atoms with Gasteiger partial charge in [0.15, 0.2) is 17.1 Å². The average Bonchev–Trinajstić information content (AvgIpc) is 3.41. The van der Waals surface area contributed by atoms with Crippen LogP contribution in [0.5, 0.6) is 0 Å². The fraction of sp³-hybridized carbons (Fsp3) is 0.562. The number of carbonyl (C=O) groups excluding carboxylic acids is 2. The first-order chi connectivity index (χ1) is 19.1. The van der Waals surface area contributed by atoms with Crippen LogP contribution in [0.15, 0.2) is 60.1 Å². The van der Waals surface area contributed by atoms with Crippen molar-refractivity contribution >= 4 is 18.1 Å². The molecule has 1 saturated heterocycles.